The molecule has 38 heavy (non-hydrogen) atoms. The lowest BCUT2D eigenvalue weighted by Crippen LogP contribution is -2.32. The summed E-state index contributed by atoms with van der Waals surface area (Å²) in [6.45, 7) is 4.15. The Morgan fingerprint density at radius 2 is 1.79 bits per heavy atom. The molecule has 1 unspecified atom stereocenters. The van der Waals surface area contributed by atoms with Gasteiger partial charge in [-0.25, -0.2) is 4.39 Å². The maximum atomic E-state index is 14.9. The highest BCUT2D eigenvalue weighted by atomic mass is 32.2. The van der Waals surface area contributed by atoms with Crippen LogP contribution in [-0.4, -0.2) is 43.8 Å². The average molecular weight is 541 g/mol. The van der Waals surface area contributed by atoms with Crippen LogP contribution in [0.3, 0.4) is 0 Å². The number of hydrogen-bond acceptors (Lipinski definition) is 6. The van der Waals surface area contributed by atoms with Gasteiger partial charge in [0.1, 0.15) is 29.5 Å². The molecule has 0 radical (unpaired) electrons. The van der Waals surface area contributed by atoms with Crippen molar-refractivity contribution in [3.63, 3.8) is 0 Å². The molecule has 0 saturated heterocycles. The summed E-state index contributed by atoms with van der Waals surface area (Å²) < 4.78 is 56.9. The van der Waals surface area contributed by atoms with Crippen molar-refractivity contribution in [2.45, 2.75) is 19.9 Å². The number of carbonyl (C=O) groups excluding carboxylic acids is 1. The molecule has 0 bridgehead atoms. The Balaban J connectivity index is 1.35. The van der Waals surface area contributed by atoms with E-state index in [-0.39, 0.29) is 25.1 Å². The lowest BCUT2D eigenvalue weighted by Gasteiger charge is -2.24. The smallest absolute Gasteiger partial charge is 0.266 e. The van der Waals surface area contributed by atoms with Crippen molar-refractivity contribution >= 4 is 32.7 Å². The fraction of sp³-hybridized carbons (Fsp3) is 0.250. The predicted molar refractivity (Wildman–Crippen MR) is 145 cm³/mol. The van der Waals surface area contributed by atoms with Gasteiger partial charge in [-0.15, -0.1) is 0 Å². The van der Waals surface area contributed by atoms with Gasteiger partial charge >= 0.3 is 0 Å². The number of nitrogens with one attached hydrogen (secondary N) is 2. The minimum absolute atomic E-state index is 0.109. The highest BCUT2D eigenvalue weighted by Crippen LogP contribution is 2.31. The third kappa shape index (κ3) is 7.11. The largest absolute Gasteiger partial charge is 0.491 e. The van der Waals surface area contributed by atoms with Gasteiger partial charge in [-0.1, -0.05) is 32.0 Å². The van der Waals surface area contributed by atoms with E-state index < -0.39 is 27.6 Å². The summed E-state index contributed by atoms with van der Waals surface area (Å²) in [6.07, 6.45) is 0. The van der Waals surface area contributed by atoms with Gasteiger partial charge in [0.05, 0.1) is 17.4 Å². The number of para-hydroxylation sites is 1. The average Bonchev–Trinajstić information content (AvgIpc) is 3.30. The molecule has 4 aromatic rings. The minimum atomic E-state index is -4.14. The van der Waals surface area contributed by atoms with E-state index in [1.807, 2.05) is 38.1 Å². The molecule has 1 atom stereocenters. The van der Waals surface area contributed by atoms with Crippen LogP contribution in [0.2, 0.25) is 0 Å². The standard InChI is InChI=1S/C28H29FN2O6S/c1-18(2)25(31-21-9-7-19(8-10-21)28(32)30-13-14-38(33,34)35)17-36-22-11-12-23(24(29)16-22)27-15-20-5-3-4-6-26(20)37-27/h3-12,15-16,18,25,31H,13-14,17H2,1-2H3,(H,30,32)(H,33,34,35). The maximum Gasteiger partial charge on any atom is 0.266 e. The molecule has 0 aliphatic heterocycles. The fourth-order valence-electron chi connectivity index (χ4n) is 3.81. The third-order valence-electron chi connectivity index (χ3n) is 6.01. The Bertz CT molecular complexity index is 1480. The molecule has 3 aromatic carbocycles. The topological polar surface area (TPSA) is 118 Å². The summed E-state index contributed by atoms with van der Waals surface area (Å²) in [5, 5.41) is 6.71. The predicted octanol–water partition coefficient (Wildman–Crippen LogP) is 5.37. The summed E-state index contributed by atoms with van der Waals surface area (Å²) in [5.41, 5.74) is 2.16. The van der Waals surface area contributed by atoms with Crippen LogP contribution in [0.4, 0.5) is 10.1 Å². The second-order valence-corrected chi connectivity index (χ2v) is 10.8. The number of anilines is 1. The molecule has 8 nitrogen and oxygen atoms in total. The Morgan fingerprint density at radius 1 is 1.05 bits per heavy atom. The lowest BCUT2D eigenvalue weighted by atomic mass is 10.0. The molecule has 1 amide bonds. The highest BCUT2D eigenvalue weighted by Gasteiger charge is 2.17. The van der Waals surface area contributed by atoms with Crippen LogP contribution in [0.1, 0.15) is 24.2 Å². The van der Waals surface area contributed by atoms with Crippen LogP contribution in [0, 0.1) is 11.7 Å². The van der Waals surface area contributed by atoms with Gasteiger partial charge in [0, 0.05) is 29.2 Å². The number of halogens is 1. The number of amides is 1. The quantitative estimate of drug-likeness (QED) is 0.219. The van der Waals surface area contributed by atoms with Gasteiger partial charge in [0.15, 0.2) is 0 Å². The number of benzene rings is 3. The van der Waals surface area contributed by atoms with Gasteiger partial charge < -0.3 is 19.8 Å². The molecular formula is C28H29FN2O6S. The van der Waals surface area contributed by atoms with Crippen molar-refractivity contribution in [2.75, 3.05) is 24.2 Å². The van der Waals surface area contributed by atoms with E-state index >= 15 is 0 Å². The van der Waals surface area contributed by atoms with Crippen LogP contribution in [-0.2, 0) is 10.1 Å². The van der Waals surface area contributed by atoms with Gasteiger partial charge in [-0.3, -0.25) is 9.35 Å². The molecule has 1 heterocycles. The van der Waals surface area contributed by atoms with Gasteiger partial charge in [-0.05, 0) is 54.4 Å². The second-order valence-electron chi connectivity index (χ2n) is 9.22. The summed E-state index contributed by atoms with van der Waals surface area (Å²) in [5.74, 6) is -0.420. The maximum absolute atomic E-state index is 14.9. The zero-order valence-electron chi connectivity index (χ0n) is 21.0. The zero-order valence-corrected chi connectivity index (χ0v) is 21.8. The molecule has 0 fully saturated rings. The Hall–Kier alpha value is -3.89. The van der Waals surface area contributed by atoms with Crippen molar-refractivity contribution in [3.05, 3.63) is 84.2 Å². The van der Waals surface area contributed by atoms with Crippen LogP contribution < -0.4 is 15.4 Å². The van der Waals surface area contributed by atoms with Gasteiger partial charge in [0.25, 0.3) is 16.0 Å². The first-order valence-corrected chi connectivity index (χ1v) is 13.7. The molecule has 0 spiro atoms. The van der Waals surface area contributed by atoms with Crippen molar-refractivity contribution in [1.29, 1.82) is 0 Å². The van der Waals surface area contributed by atoms with Crippen molar-refractivity contribution in [2.24, 2.45) is 5.92 Å². The normalized spacial score (nSPS) is 12.4. The van der Waals surface area contributed by atoms with Crippen LogP contribution in [0.25, 0.3) is 22.3 Å². The number of ether oxygens (including phenoxy) is 1. The van der Waals surface area contributed by atoms with E-state index in [1.54, 1.807) is 42.5 Å². The first kappa shape index (κ1) is 27.2. The summed E-state index contributed by atoms with van der Waals surface area (Å²) in [6, 6.07) is 20.6. The number of rotatable bonds is 11. The Morgan fingerprint density at radius 3 is 2.45 bits per heavy atom. The molecule has 1 aromatic heterocycles. The van der Waals surface area contributed by atoms with Crippen molar-refractivity contribution in [1.82, 2.24) is 5.32 Å². The zero-order chi connectivity index (χ0) is 27.3. The number of carbonyl (C=O) groups is 1. The fourth-order valence-corrected chi connectivity index (χ4v) is 4.17. The van der Waals surface area contributed by atoms with Gasteiger partial charge in [-0.2, -0.15) is 8.42 Å². The Kier molecular flexibility index (Phi) is 8.33. The number of hydrogen-bond donors (Lipinski definition) is 3. The molecule has 200 valence electrons. The van der Waals surface area contributed by atoms with Crippen LogP contribution in [0.5, 0.6) is 5.75 Å². The van der Waals surface area contributed by atoms with E-state index in [9.17, 15) is 17.6 Å². The highest BCUT2D eigenvalue weighted by molar-refractivity contribution is 7.85. The van der Waals surface area contributed by atoms with E-state index in [1.165, 1.54) is 6.07 Å². The monoisotopic (exact) mass is 540 g/mol. The first-order valence-electron chi connectivity index (χ1n) is 12.1. The number of furan rings is 1. The van der Waals surface area contributed by atoms with E-state index in [0.717, 1.165) is 11.1 Å². The van der Waals surface area contributed by atoms with E-state index in [4.69, 9.17) is 13.7 Å². The molecule has 0 saturated carbocycles. The van der Waals surface area contributed by atoms with Gasteiger partial charge in [0.2, 0.25) is 0 Å². The van der Waals surface area contributed by atoms with Crippen LogP contribution in [0.15, 0.2) is 77.2 Å². The van der Waals surface area contributed by atoms with E-state index in [0.29, 0.717) is 28.2 Å². The molecular weight excluding hydrogens is 511 g/mol. The minimum Gasteiger partial charge on any atom is -0.491 e. The van der Waals surface area contributed by atoms with Crippen molar-refractivity contribution < 1.29 is 31.3 Å². The molecule has 10 heteroatoms. The second kappa shape index (κ2) is 11.7. The first-order chi connectivity index (χ1) is 18.1. The van der Waals surface area contributed by atoms with E-state index in [2.05, 4.69) is 10.6 Å². The summed E-state index contributed by atoms with van der Waals surface area (Å²) in [4.78, 5) is 12.2. The SMILES string of the molecule is CC(C)C(COc1ccc(-c2cc3ccccc3o2)c(F)c1)Nc1ccc(C(=O)NCCS(=O)(=O)O)cc1. The number of fused-ring (bicyclic) bond motifs is 1. The van der Waals surface area contributed by atoms with Crippen LogP contribution >= 0.6 is 0 Å². The lowest BCUT2D eigenvalue weighted by molar-refractivity contribution is 0.0956. The molecule has 3 N–H and O–H groups in total. The Labute approximate surface area is 220 Å². The molecule has 0 aliphatic carbocycles. The molecule has 4 rings (SSSR count). The molecule has 0 aliphatic rings. The van der Waals surface area contributed by atoms with Crippen molar-refractivity contribution in [3.8, 4) is 17.1 Å². The third-order valence-corrected chi connectivity index (χ3v) is 6.73. The summed E-state index contributed by atoms with van der Waals surface area (Å²) >= 11 is 0. The summed E-state index contributed by atoms with van der Waals surface area (Å²) in [7, 11) is -4.14.